The zero-order valence-corrected chi connectivity index (χ0v) is 29.8. The molecule has 6 aromatic carbocycles. The van der Waals surface area contributed by atoms with Crippen molar-refractivity contribution in [1.29, 1.82) is 0 Å². The van der Waals surface area contributed by atoms with Crippen molar-refractivity contribution in [2.75, 3.05) is 30.2 Å². The molecule has 11 nitrogen and oxygen atoms in total. The Kier molecular flexibility index (Phi) is 11.5. The lowest BCUT2D eigenvalue weighted by molar-refractivity contribution is -0.114. The lowest BCUT2D eigenvalue weighted by Crippen LogP contribution is -2.16. The van der Waals surface area contributed by atoms with E-state index in [0.717, 1.165) is 21.9 Å². The van der Waals surface area contributed by atoms with Gasteiger partial charge in [0.1, 0.15) is 30.5 Å². The Morgan fingerprint density at radius 1 is 0.500 bits per heavy atom. The Hall–Kier alpha value is -7.14. The zero-order valence-electron chi connectivity index (χ0n) is 29.8. The van der Waals surface area contributed by atoms with E-state index < -0.39 is 17.8 Å². The molecule has 11 heteroatoms. The number of ether oxygens (including phenoxy) is 4. The highest BCUT2D eigenvalue weighted by molar-refractivity contribution is 6.08. The average molecular weight is 724 g/mol. The number of carbonyl (C=O) groups excluding carboxylic acids is 4. The summed E-state index contributed by atoms with van der Waals surface area (Å²) >= 11 is 0. The van der Waals surface area contributed by atoms with Crippen LogP contribution < -0.4 is 30.2 Å². The molecule has 0 aliphatic heterocycles. The van der Waals surface area contributed by atoms with Gasteiger partial charge in [-0.1, -0.05) is 66.7 Å². The minimum absolute atomic E-state index is 0.162. The summed E-state index contributed by atoms with van der Waals surface area (Å²) in [5.41, 5.74) is 3.59. The maximum atomic E-state index is 13.8. The number of carbonyl (C=O) groups is 4. The number of rotatable bonds is 13. The predicted octanol–water partition coefficient (Wildman–Crippen LogP) is 8.26. The van der Waals surface area contributed by atoms with Gasteiger partial charge in [0.05, 0.1) is 36.8 Å². The van der Waals surface area contributed by atoms with Gasteiger partial charge in [0.25, 0.3) is 11.8 Å². The molecule has 0 saturated carbocycles. The Morgan fingerprint density at radius 3 is 1.61 bits per heavy atom. The molecule has 0 atom stereocenters. The van der Waals surface area contributed by atoms with Gasteiger partial charge in [-0.25, -0.2) is 4.79 Å². The van der Waals surface area contributed by atoms with Crippen LogP contribution in [0.1, 0.15) is 49.1 Å². The molecule has 272 valence electrons. The molecular weight excluding hydrogens is 686 g/mol. The van der Waals surface area contributed by atoms with Crippen LogP contribution in [0.25, 0.3) is 10.8 Å². The summed E-state index contributed by atoms with van der Waals surface area (Å²) in [6.45, 7) is 1.71. The fraction of sp³-hybridized carbons (Fsp3) is 0.116. The molecule has 0 saturated heterocycles. The normalized spacial score (nSPS) is 10.6. The molecule has 54 heavy (non-hydrogen) atoms. The van der Waals surface area contributed by atoms with Crippen molar-refractivity contribution in [2.24, 2.45) is 0 Å². The molecule has 0 aliphatic carbocycles. The van der Waals surface area contributed by atoms with E-state index in [9.17, 15) is 19.2 Å². The van der Waals surface area contributed by atoms with E-state index in [1.807, 2.05) is 72.8 Å². The minimum atomic E-state index is -0.552. The first-order chi connectivity index (χ1) is 26.2. The third-order valence-corrected chi connectivity index (χ3v) is 8.36. The van der Waals surface area contributed by atoms with Crippen LogP contribution in [-0.4, -0.2) is 37.9 Å². The number of hydrogen-bond acceptors (Lipinski definition) is 8. The Balaban J connectivity index is 1.25. The number of esters is 1. The Labute approximate surface area is 311 Å². The van der Waals surface area contributed by atoms with Crippen molar-refractivity contribution in [3.05, 3.63) is 155 Å². The van der Waals surface area contributed by atoms with Gasteiger partial charge in [-0.15, -0.1) is 0 Å². The minimum Gasteiger partial charge on any atom is -0.495 e. The van der Waals surface area contributed by atoms with Gasteiger partial charge in [0.2, 0.25) is 5.91 Å². The lowest BCUT2D eigenvalue weighted by Gasteiger charge is -2.17. The van der Waals surface area contributed by atoms with E-state index in [1.165, 1.54) is 45.4 Å². The van der Waals surface area contributed by atoms with Gasteiger partial charge in [-0.3, -0.25) is 14.4 Å². The summed E-state index contributed by atoms with van der Waals surface area (Å²) in [4.78, 5) is 51.2. The Morgan fingerprint density at radius 2 is 1.02 bits per heavy atom. The largest absolute Gasteiger partial charge is 0.495 e. The molecule has 6 rings (SSSR count). The van der Waals surface area contributed by atoms with Crippen LogP contribution in [0.2, 0.25) is 0 Å². The van der Waals surface area contributed by atoms with E-state index in [2.05, 4.69) is 16.0 Å². The van der Waals surface area contributed by atoms with E-state index >= 15 is 0 Å². The molecule has 3 amide bonds. The molecule has 0 bridgehead atoms. The van der Waals surface area contributed by atoms with Crippen LogP contribution in [0.4, 0.5) is 17.1 Å². The number of anilines is 3. The smallest absolute Gasteiger partial charge is 0.337 e. The van der Waals surface area contributed by atoms with Crippen molar-refractivity contribution in [1.82, 2.24) is 0 Å². The van der Waals surface area contributed by atoms with Crippen LogP contribution in [0.15, 0.2) is 127 Å². The van der Waals surface area contributed by atoms with Crippen molar-refractivity contribution >= 4 is 51.5 Å². The molecule has 0 spiro atoms. The molecule has 0 aliphatic rings. The first-order valence-electron chi connectivity index (χ1n) is 16.9. The van der Waals surface area contributed by atoms with Crippen LogP contribution in [0.3, 0.4) is 0 Å². The second-order valence-electron chi connectivity index (χ2n) is 12.2. The highest BCUT2D eigenvalue weighted by atomic mass is 16.5. The second kappa shape index (κ2) is 16.9. The average Bonchev–Trinajstić information content (AvgIpc) is 3.19. The van der Waals surface area contributed by atoms with E-state index in [4.69, 9.17) is 18.9 Å². The second-order valence-corrected chi connectivity index (χ2v) is 12.2. The third-order valence-electron chi connectivity index (χ3n) is 8.36. The summed E-state index contributed by atoms with van der Waals surface area (Å²) in [5, 5.41) is 10.6. The fourth-order valence-corrected chi connectivity index (χ4v) is 5.62. The quantitative estimate of drug-likeness (QED) is 0.101. The van der Waals surface area contributed by atoms with E-state index in [0.29, 0.717) is 22.8 Å². The first-order valence-corrected chi connectivity index (χ1v) is 16.9. The first kappa shape index (κ1) is 36.6. The summed E-state index contributed by atoms with van der Waals surface area (Å²) in [5.74, 6) is -0.966. The van der Waals surface area contributed by atoms with Crippen molar-refractivity contribution in [2.45, 2.75) is 20.1 Å². The molecule has 0 unspecified atom stereocenters. The van der Waals surface area contributed by atoms with Gasteiger partial charge in [-0.2, -0.15) is 0 Å². The van der Waals surface area contributed by atoms with Crippen molar-refractivity contribution < 1.29 is 38.1 Å². The number of fused-ring (bicyclic) bond motifs is 1. The SMILES string of the molecule is COC(=O)c1ccc(NC(=O)c2ccc(NC(=O)c3ccc(NC(C)=O)c(OC)c3)c(OCc3ccccc3)c2)c(OCc2ccc3ccccc3c2)c1. The molecule has 0 aromatic heterocycles. The van der Waals surface area contributed by atoms with Gasteiger partial charge in [0.15, 0.2) is 0 Å². The topological polar surface area (TPSA) is 141 Å². The van der Waals surface area contributed by atoms with Crippen molar-refractivity contribution in [3.63, 3.8) is 0 Å². The molecule has 3 N–H and O–H groups in total. The zero-order chi connectivity index (χ0) is 38.0. The third kappa shape index (κ3) is 9.01. The number of amides is 3. The summed E-state index contributed by atoms with van der Waals surface area (Å²) in [7, 11) is 2.73. The molecule has 0 fully saturated rings. The molecule has 0 radical (unpaired) electrons. The van der Waals surface area contributed by atoms with Gasteiger partial charge < -0.3 is 34.9 Å². The van der Waals surface area contributed by atoms with Crippen molar-refractivity contribution in [3.8, 4) is 17.2 Å². The van der Waals surface area contributed by atoms with Crippen LogP contribution in [0.5, 0.6) is 17.2 Å². The summed E-state index contributed by atoms with van der Waals surface area (Å²) in [6.07, 6.45) is 0. The van der Waals surface area contributed by atoms with Gasteiger partial charge in [-0.05, 0) is 82.6 Å². The maximum absolute atomic E-state index is 13.8. The predicted molar refractivity (Wildman–Crippen MR) is 206 cm³/mol. The van der Waals surface area contributed by atoms with Crippen LogP contribution in [0, 0.1) is 0 Å². The van der Waals surface area contributed by atoms with E-state index in [1.54, 1.807) is 30.3 Å². The van der Waals surface area contributed by atoms with Gasteiger partial charge in [0, 0.05) is 18.1 Å². The number of nitrogens with one attached hydrogen (secondary N) is 3. The summed E-state index contributed by atoms with van der Waals surface area (Å²) in [6, 6.07) is 37.4. The lowest BCUT2D eigenvalue weighted by atomic mass is 10.1. The van der Waals surface area contributed by atoms with E-state index in [-0.39, 0.29) is 47.3 Å². The fourth-order valence-electron chi connectivity index (χ4n) is 5.62. The number of hydrogen-bond donors (Lipinski definition) is 3. The van der Waals surface area contributed by atoms with Gasteiger partial charge >= 0.3 is 5.97 Å². The number of benzene rings is 6. The number of methoxy groups -OCH3 is 2. The molecular formula is C43H37N3O8. The molecule has 6 aromatic rings. The highest BCUT2D eigenvalue weighted by Crippen LogP contribution is 2.32. The van der Waals surface area contributed by atoms with Crippen LogP contribution in [-0.2, 0) is 22.7 Å². The highest BCUT2D eigenvalue weighted by Gasteiger charge is 2.19. The molecule has 0 heterocycles. The monoisotopic (exact) mass is 723 g/mol. The van der Waals surface area contributed by atoms with Crippen LogP contribution >= 0.6 is 0 Å². The standard InChI is InChI=1S/C43H37N3O8/c1-27(47)44-35-18-15-32(22-38(35)51-2)41(48)45-36-19-16-33(23-39(36)53-25-28-9-5-4-6-10-28)42(49)46-37-20-17-34(43(50)52-3)24-40(37)54-26-29-13-14-30-11-7-8-12-31(30)21-29/h4-24H,25-26H2,1-3H3,(H,44,47)(H,45,48)(H,46,49). The summed E-state index contributed by atoms with van der Waals surface area (Å²) < 4.78 is 22.6. The Bertz CT molecular complexity index is 2340. The maximum Gasteiger partial charge on any atom is 0.337 e.